The van der Waals surface area contributed by atoms with Crippen LogP contribution in [0.4, 0.5) is 5.00 Å². The van der Waals surface area contributed by atoms with Crippen LogP contribution in [0.3, 0.4) is 0 Å². The number of amides is 2. The van der Waals surface area contributed by atoms with Crippen molar-refractivity contribution >= 4 is 28.2 Å². The molecule has 0 saturated heterocycles. The minimum atomic E-state index is -0.154. The van der Waals surface area contributed by atoms with Crippen LogP contribution in [0.2, 0.25) is 0 Å². The van der Waals surface area contributed by atoms with Crippen LogP contribution in [-0.2, 0) is 35.5 Å². The van der Waals surface area contributed by atoms with Gasteiger partial charge in [-0.15, -0.1) is 11.3 Å². The molecule has 1 aliphatic rings. The number of rotatable bonds is 7. The Kier molecular flexibility index (Phi) is 6.52. The van der Waals surface area contributed by atoms with Crippen molar-refractivity contribution < 1.29 is 14.3 Å². The lowest BCUT2D eigenvalue weighted by molar-refractivity contribution is -0.132. The van der Waals surface area contributed by atoms with Gasteiger partial charge < -0.3 is 19.5 Å². The number of hydrogen-bond acceptors (Lipinski definition) is 6. The molecule has 1 N–H and O–H groups in total. The van der Waals surface area contributed by atoms with Crippen molar-refractivity contribution in [3.8, 4) is 11.8 Å². The smallest absolute Gasteiger partial charge is 0.242 e. The average molecular weight is 450 g/mol. The summed E-state index contributed by atoms with van der Waals surface area (Å²) in [5, 5.41) is 13.2. The van der Waals surface area contributed by atoms with Gasteiger partial charge in [0.05, 0.1) is 25.5 Å². The van der Waals surface area contributed by atoms with Crippen molar-refractivity contribution in [2.75, 3.05) is 19.0 Å². The van der Waals surface area contributed by atoms with Gasteiger partial charge in [0.1, 0.15) is 23.4 Å². The van der Waals surface area contributed by atoms with Crippen molar-refractivity contribution in [3.05, 3.63) is 64.6 Å². The van der Waals surface area contributed by atoms with E-state index in [1.165, 1.54) is 11.3 Å². The first-order chi connectivity index (χ1) is 15.6. The number of aryl methyl sites for hydroxylation is 1. The molecule has 0 radical (unpaired) electrons. The summed E-state index contributed by atoms with van der Waals surface area (Å²) >= 11 is 1.38. The summed E-state index contributed by atoms with van der Waals surface area (Å²) in [6, 6.07) is 9.85. The minimum absolute atomic E-state index is 0.00273. The third-order valence-electron chi connectivity index (χ3n) is 5.47. The minimum Gasteiger partial charge on any atom is -0.496 e. The fraction of sp³-hybridized carbons (Fsp3) is 0.304. The number of thiophene rings is 1. The van der Waals surface area contributed by atoms with Gasteiger partial charge in [0.15, 0.2) is 0 Å². The molecule has 3 aromatic rings. The van der Waals surface area contributed by atoms with Gasteiger partial charge in [-0.05, 0) is 30.0 Å². The molecule has 0 saturated carbocycles. The second-order valence-electron chi connectivity index (χ2n) is 7.48. The van der Waals surface area contributed by atoms with Gasteiger partial charge in [0, 0.05) is 30.2 Å². The van der Waals surface area contributed by atoms with Gasteiger partial charge in [-0.2, -0.15) is 5.26 Å². The van der Waals surface area contributed by atoms with Crippen LogP contribution in [0.15, 0.2) is 43.0 Å². The van der Waals surface area contributed by atoms with Crippen molar-refractivity contribution in [2.45, 2.75) is 32.4 Å². The summed E-state index contributed by atoms with van der Waals surface area (Å²) < 4.78 is 7.08. The normalized spacial score (nSPS) is 12.7. The number of carbonyl (C=O) groups is 2. The second-order valence-corrected chi connectivity index (χ2v) is 8.59. The van der Waals surface area contributed by atoms with Crippen LogP contribution in [0.25, 0.3) is 0 Å². The molecule has 2 amide bonds. The number of fused-ring (bicyclic) bond motifs is 1. The Hall–Kier alpha value is -3.64. The molecule has 3 heterocycles. The number of nitrogens with one attached hydrogen (secondary N) is 1. The Morgan fingerprint density at radius 2 is 2.19 bits per heavy atom. The van der Waals surface area contributed by atoms with Gasteiger partial charge in [-0.25, -0.2) is 4.98 Å². The predicted molar refractivity (Wildman–Crippen MR) is 120 cm³/mol. The maximum Gasteiger partial charge on any atom is 0.242 e. The Morgan fingerprint density at radius 3 is 2.94 bits per heavy atom. The molecule has 0 aliphatic carbocycles. The van der Waals surface area contributed by atoms with Crippen LogP contribution < -0.4 is 10.1 Å². The quantitative estimate of drug-likeness (QED) is 0.598. The van der Waals surface area contributed by atoms with E-state index in [0.717, 1.165) is 21.8 Å². The van der Waals surface area contributed by atoms with E-state index in [1.807, 2.05) is 24.3 Å². The van der Waals surface area contributed by atoms with Crippen molar-refractivity contribution in [1.29, 1.82) is 5.26 Å². The van der Waals surface area contributed by atoms with Crippen molar-refractivity contribution in [3.63, 3.8) is 0 Å². The summed E-state index contributed by atoms with van der Waals surface area (Å²) in [6.45, 7) is 1.23. The lowest BCUT2D eigenvalue weighted by Gasteiger charge is -2.27. The van der Waals surface area contributed by atoms with Gasteiger partial charge in [-0.3, -0.25) is 9.59 Å². The Labute approximate surface area is 190 Å². The molecule has 0 bridgehead atoms. The number of para-hydroxylation sites is 1. The molecule has 8 nitrogen and oxygen atoms in total. The van der Waals surface area contributed by atoms with E-state index in [9.17, 15) is 14.9 Å². The standard InChI is InChI=1S/C23H23N5O3S/c1-31-19-5-3-2-4-16(19)6-7-21(29)26-23-18(12-24)17-8-10-28(13-20(17)32-23)22(30)14-27-11-9-25-15-27/h2-5,9,11,15H,6-8,10,13-14H2,1H3,(H,26,29). The molecule has 0 fully saturated rings. The highest BCUT2D eigenvalue weighted by Crippen LogP contribution is 2.37. The number of aromatic nitrogens is 2. The molecule has 0 atom stereocenters. The Morgan fingerprint density at radius 1 is 1.34 bits per heavy atom. The third kappa shape index (κ3) is 4.65. The summed E-state index contributed by atoms with van der Waals surface area (Å²) in [7, 11) is 1.61. The Bertz CT molecular complexity index is 1160. The molecule has 4 rings (SSSR count). The number of nitrogens with zero attached hydrogens (tertiary/aromatic N) is 4. The van der Waals surface area contributed by atoms with E-state index in [-0.39, 0.29) is 24.8 Å². The number of methoxy groups -OCH3 is 1. The fourth-order valence-electron chi connectivity index (χ4n) is 3.81. The van der Waals surface area contributed by atoms with Crippen LogP contribution in [0.5, 0.6) is 5.75 Å². The van der Waals surface area contributed by atoms with E-state index < -0.39 is 0 Å². The Balaban J connectivity index is 1.41. The van der Waals surface area contributed by atoms with E-state index >= 15 is 0 Å². The van der Waals surface area contributed by atoms with Crippen LogP contribution in [0.1, 0.15) is 28.0 Å². The zero-order valence-corrected chi connectivity index (χ0v) is 18.5. The molecule has 0 unspecified atom stereocenters. The largest absolute Gasteiger partial charge is 0.496 e. The first-order valence-corrected chi connectivity index (χ1v) is 11.1. The lowest BCUT2D eigenvalue weighted by Crippen LogP contribution is -2.37. The van der Waals surface area contributed by atoms with Crippen molar-refractivity contribution in [2.24, 2.45) is 0 Å². The summed E-state index contributed by atoms with van der Waals surface area (Å²) in [6.07, 6.45) is 6.43. The maximum absolute atomic E-state index is 12.6. The average Bonchev–Trinajstić information content (AvgIpc) is 3.44. The van der Waals surface area contributed by atoms with Gasteiger partial charge in [0.2, 0.25) is 11.8 Å². The highest BCUT2D eigenvalue weighted by atomic mass is 32.1. The van der Waals surface area contributed by atoms with E-state index in [0.29, 0.717) is 36.5 Å². The number of ether oxygens (including phenoxy) is 1. The third-order valence-corrected chi connectivity index (χ3v) is 6.60. The lowest BCUT2D eigenvalue weighted by atomic mass is 10.0. The molecule has 164 valence electrons. The summed E-state index contributed by atoms with van der Waals surface area (Å²) in [4.78, 5) is 31.9. The van der Waals surface area contributed by atoms with Crippen molar-refractivity contribution in [1.82, 2.24) is 14.5 Å². The highest BCUT2D eigenvalue weighted by Gasteiger charge is 2.27. The van der Waals surface area contributed by atoms with E-state index in [2.05, 4.69) is 16.4 Å². The van der Waals surface area contributed by atoms with Gasteiger partial charge in [0.25, 0.3) is 0 Å². The topological polar surface area (TPSA) is 100 Å². The van der Waals surface area contributed by atoms with Gasteiger partial charge in [-0.1, -0.05) is 18.2 Å². The maximum atomic E-state index is 12.6. The van der Waals surface area contributed by atoms with E-state index in [4.69, 9.17) is 4.74 Å². The molecule has 9 heteroatoms. The number of anilines is 1. The van der Waals surface area contributed by atoms with Crippen LogP contribution in [0, 0.1) is 11.3 Å². The highest BCUT2D eigenvalue weighted by molar-refractivity contribution is 7.16. The first kappa shape index (κ1) is 21.6. The second kappa shape index (κ2) is 9.66. The molecular formula is C23H23N5O3S. The summed E-state index contributed by atoms with van der Waals surface area (Å²) in [5.74, 6) is 0.604. The molecule has 1 aliphatic heterocycles. The molecule has 0 spiro atoms. The first-order valence-electron chi connectivity index (χ1n) is 10.3. The monoisotopic (exact) mass is 449 g/mol. The van der Waals surface area contributed by atoms with Gasteiger partial charge >= 0.3 is 0 Å². The zero-order chi connectivity index (χ0) is 22.5. The zero-order valence-electron chi connectivity index (χ0n) is 17.7. The number of nitriles is 1. The van der Waals surface area contributed by atoms with Crippen LogP contribution in [-0.4, -0.2) is 39.9 Å². The molecule has 1 aromatic carbocycles. The number of carbonyl (C=O) groups excluding carboxylic acids is 2. The number of benzene rings is 1. The van der Waals surface area contributed by atoms with E-state index in [1.54, 1.807) is 35.3 Å². The number of hydrogen-bond donors (Lipinski definition) is 1. The summed E-state index contributed by atoms with van der Waals surface area (Å²) in [5.41, 5.74) is 2.41. The molecule has 32 heavy (non-hydrogen) atoms. The number of imidazole rings is 1. The predicted octanol–water partition coefficient (Wildman–Crippen LogP) is 2.98. The fourth-order valence-corrected chi connectivity index (χ4v) is 5.04. The SMILES string of the molecule is COc1ccccc1CCC(=O)Nc1sc2c(c1C#N)CCN(C(=O)Cn1ccnc1)C2. The molecule has 2 aromatic heterocycles. The van der Waals surface area contributed by atoms with Crippen LogP contribution >= 0.6 is 11.3 Å². The molecular weight excluding hydrogens is 426 g/mol.